The van der Waals surface area contributed by atoms with Gasteiger partial charge in [-0.2, -0.15) is 0 Å². The minimum absolute atomic E-state index is 0.116. The second-order valence-electron chi connectivity index (χ2n) is 4.31. The summed E-state index contributed by atoms with van der Waals surface area (Å²) < 4.78 is 0. The molecule has 0 spiro atoms. The maximum atomic E-state index is 12.5. The van der Waals surface area contributed by atoms with Gasteiger partial charge >= 0.3 is 0 Å². The van der Waals surface area contributed by atoms with Gasteiger partial charge in [0, 0.05) is 25.0 Å². The van der Waals surface area contributed by atoms with Gasteiger partial charge in [0.1, 0.15) is 5.75 Å². The molecule has 0 fully saturated rings. The van der Waals surface area contributed by atoms with Crippen LogP contribution in [0.3, 0.4) is 0 Å². The van der Waals surface area contributed by atoms with Gasteiger partial charge in [0.15, 0.2) is 0 Å². The van der Waals surface area contributed by atoms with Gasteiger partial charge in [-0.3, -0.25) is 9.78 Å². The lowest BCUT2D eigenvalue weighted by molar-refractivity contribution is 0.0985. The molecule has 20 heavy (non-hydrogen) atoms. The molecule has 5 heteroatoms. The van der Waals surface area contributed by atoms with Crippen molar-refractivity contribution < 1.29 is 9.90 Å². The van der Waals surface area contributed by atoms with E-state index in [1.54, 1.807) is 4.90 Å². The quantitative estimate of drug-likeness (QED) is 0.890. The molecule has 0 radical (unpaired) electrons. The molecule has 3 N–H and O–H groups in total. The number of benzene rings is 1. The highest BCUT2D eigenvalue weighted by Crippen LogP contribution is 2.22. The van der Waals surface area contributed by atoms with Crippen molar-refractivity contribution in [1.29, 1.82) is 0 Å². The highest BCUT2D eigenvalue weighted by molar-refractivity contribution is 6.07. The number of aromatic nitrogens is 1. The van der Waals surface area contributed by atoms with Gasteiger partial charge in [0.05, 0.1) is 11.8 Å². The SMILES string of the molecule is CCN(C(=O)c1ccncc1O)c1ccc(CN)cc1. The first kappa shape index (κ1) is 14.0. The van der Waals surface area contributed by atoms with E-state index < -0.39 is 0 Å². The van der Waals surface area contributed by atoms with Gasteiger partial charge in [-0.15, -0.1) is 0 Å². The third-order valence-corrected chi connectivity index (χ3v) is 3.08. The third-order valence-electron chi connectivity index (χ3n) is 3.08. The molecule has 0 saturated carbocycles. The molecule has 1 heterocycles. The van der Waals surface area contributed by atoms with Crippen LogP contribution in [0.25, 0.3) is 0 Å². The van der Waals surface area contributed by atoms with Crippen LogP contribution in [0.15, 0.2) is 42.7 Å². The van der Waals surface area contributed by atoms with Gasteiger partial charge in [-0.05, 0) is 30.7 Å². The molecular formula is C15H17N3O2. The maximum absolute atomic E-state index is 12.5. The summed E-state index contributed by atoms with van der Waals surface area (Å²) >= 11 is 0. The van der Waals surface area contributed by atoms with Crippen molar-refractivity contribution in [1.82, 2.24) is 4.98 Å². The van der Waals surface area contributed by atoms with E-state index in [9.17, 15) is 9.90 Å². The Morgan fingerprint density at radius 3 is 2.55 bits per heavy atom. The number of hydrogen-bond acceptors (Lipinski definition) is 4. The van der Waals surface area contributed by atoms with E-state index in [4.69, 9.17) is 5.73 Å². The third kappa shape index (κ3) is 2.78. The zero-order valence-corrected chi connectivity index (χ0v) is 11.3. The van der Waals surface area contributed by atoms with Crippen molar-refractivity contribution in [2.75, 3.05) is 11.4 Å². The Bertz CT molecular complexity index is 596. The molecule has 0 unspecified atom stereocenters. The molecule has 104 valence electrons. The Morgan fingerprint density at radius 1 is 1.30 bits per heavy atom. The lowest BCUT2D eigenvalue weighted by Gasteiger charge is -2.21. The molecule has 5 nitrogen and oxygen atoms in total. The molecule has 0 aliphatic rings. The lowest BCUT2D eigenvalue weighted by Crippen LogP contribution is -2.30. The predicted molar refractivity (Wildman–Crippen MR) is 77.6 cm³/mol. The van der Waals surface area contributed by atoms with Gasteiger partial charge in [0.2, 0.25) is 0 Å². The van der Waals surface area contributed by atoms with Gasteiger partial charge < -0.3 is 15.7 Å². The molecule has 0 atom stereocenters. The fraction of sp³-hybridized carbons (Fsp3) is 0.200. The molecule has 0 aliphatic heterocycles. The minimum Gasteiger partial charge on any atom is -0.505 e. The molecule has 2 rings (SSSR count). The zero-order valence-electron chi connectivity index (χ0n) is 11.3. The molecule has 1 amide bonds. The van der Waals surface area contributed by atoms with Crippen LogP contribution in [0.4, 0.5) is 5.69 Å². The minimum atomic E-state index is -0.257. The van der Waals surface area contributed by atoms with Crippen LogP contribution in [0.2, 0.25) is 0 Å². The van der Waals surface area contributed by atoms with Crippen molar-refractivity contribution in [3.8, 4) is 5.75 Å². The first-order valence-electron chi connectivity index (χ1n) is 6.41. The summed E-state index contributed by atoms with van der Waals surface area (Å²) in [6, 6.07) is 8.98. The van der Waals surface area contributed by atoms with Crippen molar-refractivity contribution in [2.24, 2.45) is 5.73 Å². The summed E-state index contributed by atoms with van der Waals surface area (Å²) in [4.78, 5) is 17.8. The number of carbonyl (C=O) groups excluding carboxylic acids is 1. The van der Waals surface area contributed by atoms with Crippen LogP contribution in [0.5, 0.6) is 5.75 Å². The standard InChI is InChI=1S/C15H17N3O2/c1-2-18(12-5-3-11(9-16)4-6-12)15(20)13-7-8-17-10-14(13)19/h3-8,10,19H,2,9,16H2,1H3. The van der Waals surface area contributed by atoms with Crippen LogP contribution >= 0.6 is 0 Å². The number of pyridine rings is 1. The van der Waals surface area contributed by atoms with Crippen LogP contribution in [0.1, 0.15) is 22.8 Å². The van der Waals surface area contributed by atoms with E-state index >= 15 is 0 Å². The Balaban J connectivity index is 2.32. The normalized spacial score (nSPS) is 10.3. The van der Waals surface area contributed by atoms with Gasteiger partial charge in [-0.1, -0.05) is 12.1 Å². The predicted octanol–water partition coefficient (Wildman–Crippen LogP) is 1.91. The number of amides is 1. The first-order chi connectivity index (χ1) is 9.67. The van der Waals surface area contributed by atoms with E-state index in [1.165, 1.54) is 18.5 Å². The van der Waals surface area contributed by atoms with E-state index in [2.05, 4.69) is 4.98 Å². The van der Waals surface area contributed by atoms with Crippen LogP contribution < -0.4 is 10.6 Å². The fourth-order valence-corrected chi connectivity index (χ4v) is 1.97. The van der Waals surface area contributed by atoms with E-state index in [0.717, 1.165) is 11.3 Å². The summed E-state index contributed by atoms with van der Waals surface area (Å²) in [5.74, 6) is -0.373. The molecular weight excluding hydrogens is 254 g/mol. The van der Waals surface area contributed by atoms with Crippen LogP contribution in [-0.2, 0) is 6.54 Å². The van der Waals surface area contributed by atoms with E-state index in [1.807, 2.05) is 31.2 Å². The summed E-state index contributed by atoms with van der Waals surface area (Å²) in [5, 5.41) is 9.73. The average molecular weight is 271 g/mol. The lowest BCUT2D eigenvalue weighted by atomic mass is 10.1. The fourth-order valence-electron chi connectivity index (χ4n) is 1.97. The summed E-state index contributed by atoms with van der Waals surface area (Å²) in [5.41, 5.74) is 7.57. The molecule has 1 aromatic heterocycles. The van der Waals surface area contributed by atoms with Crippen molar-refractivity contribution >= 4 is 11.6 Å². The van der Waals surface area contributed by atoms with E-state index in [0.29, 0.717) is 13.1 Å². The van der Waals surface area contributed by atoms with E-state index in [-0.39, 0.29) is 17.2 Å². The van der Waals surface area contributed by atoms with Gasteiger partial charge in [0.25, 0.3) is 5.91 Å². The average Bonchev–Trinajstić information content (AvgIpc) is 2.49. The Kier molecular flexibility index (Phi) is 4.32. The maximum Gasteiger partial charge on any atom is 0.262 e. The van der Waals surface area contributed by atoms with Crippen molar-refractivity contribution in [2.45, 2.75) is 13.5 Å². The molecule has 1 aromatic carbocycles. The second kappa shape index (κ2) is 6.16. The van der Waals surface area contributed by atoms with Crippen molar-refractivity contribution in [3.63, 3.8) is 0 Å². The largest absolute Gasteiger partial charge is 0.505 e. The molecule has 0 bridgehead atoms. The molecule has 2 aromatic rings. The van der Waals surface area contributed by atoms with Crippen LogP contribution in [-0.4, -0.2) is 22.5 Å². The summed E-state index contributed by atoms with van der Waals surface area (Å²) in [7, 11) is 0. The summed E-state index contributed by atoms with van der Waals surface area (Å²) in [6.07, 6.45) is 2.75. The first-order valence-corrected chi connectivity index (χ1v) is 6.41. The topological polar surface area (TPSA) is 79.5 Å². The highest BCUT2D eigenvalue weighted by Gasteiger charge is 2.19. The number of anilines is 1. The highest BCUT2D eigenvalue weighted by atomic mass is 16.3. The van der Waals surface area contributed by atoms with Crippen molar-refractivity contribution in [3.05, 3.63) is 53.9 Å². The number of rotatable bonds is 4. The Hall–Kier alpha value is -2.40. The summed E-state index contributed by atoms with van der Waals surface area (Å²) in [6.45, 7) is 2.85. The zero-order chi connectivity index (χ0) is 14.5. The molecule has 0 saturated heterocycles. The Labute approximate surface area is 117 Å². The number of nitrogens with two attached hydrogens (primary N) is 1. The number of aromatic hydroxyl groups is 1. The van der Waals surface area contributed by atoms with Crippen LogP contribution in [0, 0.1) is 0 Å². The monoisotopic (exact) mass is 271 g/mol. The smallest absolute Gasteiger partial charge is 0.262 e. The Morgan fingerprint density at radius 2 is 2.00 bits per heavy atom. The molecule has 0 aliphatic carbocycles. The number of nitrogens with zero attached hydrogens (tertiary/aromatic N) is 2. The van der Waals surface area contributed by atoms with Gasteiger partial charge in [-0.25, -0.2) is 0 Å². The second-order valence-corrected chi connectivity index (χ2v) is 4.31. The number of carbonyl (C=O) groups is 1. The number of hydrogen-bond donors (Lipinski definition) is 2.